The van der Waals surface area contributed by atoms with E-state index in [0.29, 0.717) is 22.8 Å². The second-order valence-electron chi connectivity index (χ2n) is 7.28. The van der Waals surface area contributed by atoms with Gasteiger partial charge in [0.05, 0.1) is 27.9 Å². The van der Waals surface area contributed by atoms with Gasteiger partial charge in [0.15, 0.2) is 5.65 Å². The van der Waals surface area contributed by atoms with Crippen molar-refractivity contribution in [1.82, 2.24) is 25.8 Å². The Labute approximate surface area is 149 Å². The molecule has 2 fully saturated rings. The van der Waals surface area contributed by atoms with E-state index in [-0.39, 0.29) is 17.2 Å². The molecule has 1 aromatic carbocycles. The molecule has 1 aliphatic heterocycles. The van der Waals surface area contributed by atoms with Crippen molar-refractivity contribution in [2.24, 2.45) is 5.92 Å². The molecule has 5 rings (SSSR count). The predicted octanol–water partition coefficient (Wildman–Crippen LogP) is 1.73. The number of phenolic OH excluding ortho intramolecular Hbond substituents is 1. The van der Waals surface area contributed by atoms with E-state index >= 15 is 0 Å². The van der Waals surface area contributed by atoms with Gasteiger partial charge in [0, 0.05) is 18.7 Å². The van der Waals surface area contributed by atoms with Crippen molar-refractivity contribution < 1.29 is 9.90 Å². The summed E-state index contributed by atoms with van der Waals surface area (Å²) < 4.78 is 0. The normalized spacial score (nSPS) is 23.8. The first-order valence-electron chi connectivity index (χ1n) is 8.74. The molecule has 26 heavy (non-hydrogen) atoms. The number of carbonyl (C=O) groups is 1. The van der Waals surface area contributed by atoms with E-state index in [1.165, 1.54) is 0 Å². The van der Waals surface area contributed by atoms with Crippen LogP contribution in [0.2, 0.25) is 0 Å². The number of amides is 1. The van der Waals surface area contributed by atoms with E-state index < -0.39 is 0 Å². The SMILES string of the molecule is Cc1n[nH]c2nc(-c3ccc(O)cc3)cc(C(=O)N[C@]34CNCC3C4)c12. The first-order chi connectivity index (χ1) is 12.6. The molecule has 4 N–H and O–H groups in total. The lowest BCUT2D eigenvalue weighted by molar-refractivity contribution is 0.0933. The molecular weight excluding hydrogens is 330 g/mol. The molecule has 7 heteroatoms. The fraction of sp³-hybridized carbons (Fsp3) is 0.316. The molecule has 1 saturated heterocycles. The Morgan fingerprint density at radius 1 is 1.35 bits per heavy atom. The molecular formula is C19H19N5O2. The summed E-state index contributed by atoms with van der Waals surface area (Å²) in [6.45, 7) is 3.66. The van der Waals surface area contributed by atoms with Crippen molar-refractivity contribution in [3.63, 3.8) is 0 Å². The molecule has 3 aromatic rings. The average molecular weight is 349 g/mol. The van der Waals surface area contributed by atoms with E-state index in [9.17, 15) is 9.90 Å². The Kier molecular flexibility index (Phi) is 3.12. The zero-order valence-electron chi connectivity index (χ0n) is 14.3. The summed E-state index contributed by atoms with van der Waals surface area (Å²) in [6.07, 6.45) is 1.04. The highest BCUT2D eigenvalue weighted by Gasteiger charge is 2.58. The minimum atomic E-state index is -0.0942. The second kappa shape index (κ2) is 5.28. The number of aryl methyl sites for hydroxylation is 1. The van der Waals surface area contributed by atoms with Crippen LogP contribution >= 0.6 is 0 Å². The van der Waals surface area contributed by atoms with Gasteiger partial charge in [-0.05, 0) is 49.6 Å². The third kappa shape index (κ3) is 2.28. The molecule has 3 heterocycles. The minimum Gasteiger partial charge on any atom is -0.508 e. The largest absolute Gasteiger partial charge is 0.508 e. The number of aromatic amines is 1. The van der Waals surface area contributed by atoms with Gasteiger partial charge in [-0.2, -0.15) is 5.10 Å². The first kappa shape index (κ1) is 15.3. The van der Waals surface area contributed by atoms with Crippen molar-refractivity contribution in [3.05, 3.63) is 41.6 Å². The standard InChI is InChI=1S/C19H19N5O2/c1-10-16-14(18(26)22-19-7-12(19)8-20-9-19)6-15(21-17(16)24-23-10)11-2-4-13(25)5-3-11/h2-6,12,20,25H,7-9H2,1H3,(H,22,26)(H,21,23,24)/t12?,19-/m1/s1. The number of pyridine rings is 1. The first-order valence-corrected chi connectivity index (χ1v) is 8.74. The minimum absolute atomic E-state index is 0.0897. The number of nitrogens with one attached hydrogen (secondary N) is 3. The maximum absolute atomic E-state index is 13.1. The lowest BCUT2D eigenvalue weighted by atomic mass is 10.0. The van der Waals surface area contributed by atoms with E-state index in [1.54, 1.807) is 24.3 Å². The van der Waals surface area contributed by atoms with Gasteiger partial charge in [0.2, 0.25) is 0 Å². The van der Waals surface area contributed by atoms with Crippen LogP contribution in [0.3, 0.4) is 0 Å². The van der Waals surface area contributed by atoms with Crippen LogP contribution in [-0.4, -0.2) is 44.8 Å². The average Bonchev–Trinajstić information content (AvgIpc) is 2.96. The van der Waals surface area contributed by atoms with Crippen LogP contribution in [0.15, 0.2) is 30.3 Å². The van der Waals surface area contributed by atoms with Crippen molar-refractivity contribution in [1.29, 1.82) is 0 Å². The molecule has 132 valence electrons. The Morgan fingerprint density at radius 2 is 2.15 bits per heavy atom. The molecule has 1 unspecified atom stereocenters. The fourth-order valence-electron chi connectivity index (χ4n) is 3.97. The number of hydrogen-bond donors (Lipinski definition) is 4. The molecule has 1 aliphatic carbocycles. The third-order valence-corrected chi connectivity index (χ3v) is 5.54. The number of piperidine rings is 1. The van der Waals surface area contributed by atoms with Gasteiger partial charge in [0.25, 0.3) is 5.91 Å². The van der Waals surface area contributed by atoms with Crippen LogP contribution in [0.5, 0.6) is 5.75 Å². The van der Waals surface area contributed by atoms with Gasteiger partial charge in [-0.25, -0.2) is 4.98 Å². The molecule has 1 saturated carbocycles. The van der Waals surface area contributed by atoms with Gasteiger partial charge < -0.3 is 15.7 Å². The molecule has 0 spiro atoms. The lowest BCUT2D eigenvalue weighted by Gasteiger charge is -2.15. The highest BCUT2D eigenvalue weighted by Crippen LogP contribution is 2.46. The number of H-pyrrole nitrogens is 1. The lowest BCUT2D eigenvalue weighted by Crippen LogP contribution is -2.41. The molecule has 7 nitrogen and oxygen atoms in total. The summed E-state index contributed by atoms with van der Waals surface area (Å²) >= 11 is 0. The highest BCUT2D eigenvalue weighted by molar-refractivity contribution is 6.07. The van der Waals surface area contributed by atoms with Gasteiger partial charge in [-0.15, -0.1) is 0 Å². The van der Waals surface area contributed by atoms with E-state index in [0.717, 1.165) is 36.2 Å². The van der Waals surface area contributed by atoms with Gasteiger partial charge in [-0.1, -0.05) is 0 Å². The molecule has 0 bridgehead atoms. The number of aromatic hydroxyl groups is 1. The molecule has 2 aliphatic rings. The number of phenols is 1. The number of nitrogens with zero attached hydrogens (tertiary/aromatic N) is 2. The molecule has 1 amide bonds. The highest BCUT2D eigenvalue weighted by atomic mass is 16.3. The van der Waals surface area contributed by atoms with E-state index in [2.05, 4.69) is 25.8 Å². The van der Waals surface area contributed by atoms with Gasteiger partial charge in [0.1, 0.15) is 5.75 Å². The van der Waals surface area contributed by atoms with Crippen LogP contribution in [-0.2, 0) is 0 Å². The van der Waals surface area contributed by atoms with Crippen LogP contribution in [0.25, 0.3) is 22.3 Å². The fourth-order valence-corrected chi connectivity index (χ4v) is 3.97. The number of carbonyl (C=O) groups excluding carboxylic acids is 1. The quantitative estimate of drug-likeness (QED) is 0.577. The zero-order chi connectivity index (χ0) is 17.9. The topological polar surface area (TPSA) is 103 Å². The Balaban J connectivity index is 1.59. The number of fused-ring (bicyclic) bond motifs is 2. The van der Waals surface area contributed by atoms with Crippen LogP contribution in [0.4, 0.5) is 0 Å². The Hall–Kier alpha value is -2.93. The van der Waals surface area contributed by atoms with Crippen molar-refractivity contribution in [2.75, 3.05) is 13.1 Å². The monoisotopic (exact) mass is 349 g/mol. The Bertz CT molecular complexity index is 1030. The summed E-state index contributed by atoms with van der Waals surface area (Å²) in [6, 6.07) is 8.59. The number of rotatable bonds is 3. The smallest absolute Gasteiger partial charge is 0.252 e. The van der Waals surface area contributed by atoms with Crippen LogP contribution < -0.4 is 10.6 Å². The van der Waals surface area contributed by atoms with E-state index in [4.69, 9.17) is 0 Å². The predicted molar refractivity (Wildman–Crippen MR) is 96.9 cm³/mol. The summed E-state index contributed by atoms with van der Waals surface area (Å²) in [5.41, 5.74) is 3.33. The van der Waals surface area contributed by atoms with Crippen molar-refractivity contribution in [3.8, 4) is 17.0 Å². The van der Waals surface area contributed by atoms with Crippen LogP contribution in [0, 0.1) is 12.8 Å². The maximum atomic E-state index is 13.1. The number of benzene rings is 1. The van der Waals surface area contributed by atoms with Crippen molar-refractivity contribution >= 4 is 16.9 Å². The van der Waals surface area contributed by atoms with E-state index in [1.807, 2.05) is 13.0 Å². The summed E-state index contributed by atoms with van der Waals surface area (Å²) in [5, 5.41) is 24.0. The number of hydrogen-bond acceptors (Lipinski definition) is 5. The van der Waals surface area contributed by atoms with Gasteiger partial charge >= 0.3 is 0 Å². The molecule has 0 radical (unpaired) electrons. The molecule has 2 aromatic heterocycles. The third-order valence-electron chi connectivity index (χ3n) is 5.54. The molecule has 2 atom stereocenters. The van der Waals surface area contributed by atoms with Crippen molar-refractivity contribution in [2.45, 2.75) is 18.9 Å². The summed E-state index contributed by atoms with van der Waals surface area (Å²) in [7, 11) is 0. The summed E-state index contributed by atoms with van der Waals surface area (Å²) in [5.74, 6) is 0.636. The summed E-state index contributed by atoms with van der Waals surface area (Å²) in [4.78, 5) is 17.7. The second-order valence-corrected chi connectivity index (χ2v) is 7.28. The zero-order valence-corrected chi connectivity index (χ0v) is 14.3. The maximum Gasteiger partial charge on any atom is 0.252 e. The van der Waals surface area contributed by atoms with Gasteiger partial charge in [-0.3, -0.25) is 9.89 Å². The van der Waals surface area contributed by atoms with Crippen LogP contribution in [0.1, 0.15) is 22.5 Å². The number of aromatic nitrogens is 3. The Morgan fingerprint density at radius 3 is 2.85 bits per heavy atom.